The molecule has 1 unspecified atom stereocenters. The molecule has 0 saturated carbocycles. The van der Waals surface area contributed by atoms with Crippen LogP contribution >= 0.6 is 23.2 Å². The highest BCUT2D eigenvalue weighted by Crippen LogP contribution is 2.31. The molecule has 0 radical (unpaired) electrons. The number of anilines is 2. The molecule has 1 amide bonds. The largest absolute Gasteiger partial charge is 0.396 e. The number of halogens is 2. The van der Waals surface area contributed by atoms with Crippen molar-refractivity contribution in [2.24, 2.45) is 0 Å². The van der Waals surface area contributed by atoms with Crippen LogP contribution in [0.2, 0.25) is 10.0 Å². The van der Waals surface area contributed by atoms with E-state index in [-0.39, 0.29) is 21.5 Å². The van der Waals surface area contributed by atoms with E-state index in [0.29, 0.717) is 12.1 Å². The minimum atomic E-state index is -3.46. The van der Waals surface area contributed by atoms with Crippen LogP contribution in [0.3, 0.4) is 0 Å². The Bertz CT molecular complexity index is 594. The van der Waals surface area contributed by atoms with Crippen LogP contribution in [0.1, 0.15) is 20.3 Å². The first-order valence-corrected chi connectivity index (χ1v) is 8.43. The Morgan fingerprint density at radius 3 is 2.30 bits per heavy atom. The summed E-state index contributed by atoms with van der Waals surface area (Å²) >= 11 is 11.7. The van der Waals surface area contributed by atoms with Gasteiger partial charge in [0.15, 0.2) is 9.84 Å². The quantitative estimate of drug-likeness (QED) is 0.807. The molecule has 112 valence electrons. The molecular formula is C12H16Cl2N2O3S. The van der Waals surface area contributed by atoms with Gasteiger partial charge in [-0.15, -0.1) is 0 Å². The maximum atomic E-state index is 11.9. The molecule has 0 heterocycles. The van der Waals surface area contributed by atoms with E-state index in [4.69, 9.17) is 28.9 Å². The van der Waals surface area contributed by atoms with Crippen molar-refractivity contribution in [3.63, 3.8) is 0 Å². The lowest BCUT2D eigenvalue weighted by atomic mass is 10.2. The molecule has 0 aliphatic rings. The Balaban J connectivity index is 2.92. The molecule has 3 N–H and O–H groups in total. The normalized spacial score (nSPS) is 13.0. The van der Waals surface area contributed by atoms with E-state index < -0.39 is 21.0 Å². The van der Waals surface area contributed by atoms with E-state index in [1.807, 2.05) is 0 Å². The summed E-state index contributed by atoms with van der Waals surface area (Å²) in [5.74, 6) is -0.666. The van der Waals surface area contributed by atoms with Crippen molar-refractivity contribution in [1.29, 1.82) is 0 Å². The second kappa shape index (κ2) is 6.65. The minimum Gasteiger partial charge on any atom is -0.396 e. The molecule has 1 aromatic carbocycles. The van der Waals surface area contributed by atoms with E-state index in [2.05, 4.69) is 5.32 Å². The van der Waals surface area contributed by atoms with Crippen LogP contribution < -0.4 is 11.1 Å². The van der Waals surface area contributed by atoms with Gasteiger partial charge in [0, 0.05) is 5.69 Å². The number of amides is 1. The fourth-order valence-corrected chi connectivity index (χ4v) is 3.32. The number of carbonyl (C=O) groups excluding carboxylic acids is 1. The van der Waals surface area contributed by atoms with Crippen LogP contribution in [0.25, 0.3) is 0 Å². The van der Waals surface area contributed by atoms with Crippen molar-refractivity contribution in [2.75, 3.05) is 16.8 Å². The van der Waals surface area contributed by atoms with Gasteiger partial charge in [0.05, 0.1) is 21.5 Å². The lowest BCUT2D eigenvalue weighted by molar-refractivity contribution is -0.115. The summed E-state index contributed by atoms with van der Waals surface area (Å²) < 4.78 is 23.6. The first-order valence-electron chi connectivity index (χ1n) is 5.96. The Morgan fingerprint density at radius 1 is 1.35 bits per heavy atom. The number of sulfone groups is 1. The summed E-state index contributed by atoms with van der Waals surface area (Å²) in [5.41, 5.74) is 6.09. The van der Waals surface area contributed by atoms with Crippen molar-refractivity contribution in [3.8, 4) is 0 Å². The number of hydrogen-bond donors (Lipinski definition) is 2. The van der Waals surface area contributed by atoms with Gasteiger partial charge in [0.1, 0.15) is 5.25 Å². The fraction of sp³-hybridized carbons (Fsp3) is 0.417. The Hall–Kier alpha value is -0.980. The molecule has 5 nitrogen and oxygen atoms in total. The average molecular weight is 339 g/mol. The third-order valence-corrected chi connectivity index (χ3v) is 5.64. The first-order chi connectivity index (χ1) is 9.19. The van der Waals surface area contributed by atoms with Gasteiger partial charge in [-0.3, -0.25) is 4.79 Å². The molecule has 1 atom stereocenters. The third-order valence-electron chi connectivity index (χ3n) is 2.74. The van der Waals surface area contributed by atoms with Gasteiger partial charge in [0.2, 0.25) is 5.91 Å². The van der Waals surface area contributed by atoms with Crippen LogP contribution in [-0.2, 0) is 14.6 Å². The number of nitrogen functional groups attached to an aromatic ring is 1. The zero-order valence-corrected chi connectivity index (χ0v) is 13.4. The fourth-order valence-electron chi connectivity index (χ4n) is 1.52. The highest BCUT2D eigenvalue weighted by Gasteiger charge is 2.27. The van der Waals surface area contributed by atoms with Gasteiger partial charge >= 0.3 is 0 Å². The molecule has 0 saturated heterocycles. The van der Waals surface area contributed by atoms with Crippen LogP contribution in [0.5, 0.6) is 0 Å². The van der Waals surface area contributed by atoms with Crippen LogP contribution in [-0.4, -0.2) is 25.3 Å². The van der Waals surface area contributed by atoms with Gasteiger partial charge in [-0.2, -0.15) is 0 Å². The second-order valence-electron chi connectivity index (χ2n) is 4.35. The summed E-state index contributed by atoms with van der Waals surface area (Å²) in [5, 5.41) is 1.71. The Kier molecular flexibility index (Phi) is 5.68. The maximum absolute atomic E-state index is 11.9. The smallest absolute Gasteiger partial charge is 0.242 e. The summed E-state index contributed by atoms with van der Waals surface area (Å²) in [6, 6.07) is 2.83. The lowest BCUT2D eigenvalue weighted by Gasteiger charge is -2.13. The van der Waals surface area contributed by atoms with Crippen LogP contribution in [0, 0.1) is 0 Å². The van der Waals surface area contributed by atoms with E-state index in [1.54, 1.807) is 6.92 Å². The number of carbonyl (C=O) groups is 1. The molecule has 0 spiro atoms. The standard InChI is InChI=1S/C12H16Cl2N2O3S/c1-3-4-20(18,19)7(2)12(17)16-8-5-9(13)11(15)10(14)6-8/h5-7H,3-4,15H2,1-2H3,(H,16,17). The molecule has 0 aliphatic carbocycles. The summed E-state index contributed by atoms with van der Waals surface area (Å²) in [7, 11) is -3.46. The molecule has 20 heavy (non-hydrogen) atoms. The predicted octanol–water partition coefficient (Wildman–Crippen LogP) is 2.73. The highest BCUT2D eigenvalue weighted by atomic mass is 35.5. The lowest BCUT2D eigenvalue weighted by Crippen LogP contribution is -2.34. The average Bonchev–Trinajstić information content (AvgIpc) is 2.34. The van der Waals surface area contributed by atoms with Crippen molar-refractivity contribution in [1.82, 2.24) is 0 Å². The minimum absolute atomic E-state index is 0.0369. The molecule has 0 aliphatic heterocycles. The SMILES string of the molecule is CCCS(=O)(=O)C(C)C(=O)Nc1cc(Cl)c(N)c(Cl)c1. The number of nitrogens with one attached hydrogen (secondary N) is 1. The van der Waals surface area contributed by atoms with Gasteiger partial charge < -0.3 is 11.1 Å². The molecular weight excluding hydrogens is 323 g/mol. The number of nitrogens with two attached hydrogens (primary N) is 1. The third kappa shape index (κ3) is 4.01. The summed E-state index contributed by atoms with van der Waals surface area (Å²) in [4.78, 5) is 11.9. The van der Waals surface area contributed by atoms with E-state index >= 15 is 0 Å². The van der Waals surface area contributed by atoms with E-state index in [0.717, 1.165) is 0 Å². The van der Waals surface area contributed by atoms with Crippen LogP contribution in [0.4, 0.5) is 11.4 Å². The number of hydrogen-bond acceptors (Lipinski definition) is 4. The molecule has 1 aromatic rings. The first kappa shape index (κ1) is 17.1. The monoisotopic (exact) mass is 338 g/mol. The number of benzene rings is 1. The van der Waals surface area contributed by atoms with Crippen molar-refractivity contribution in [3.05, 3.63) is 22.2 Å². The second-order valence-corrected chi connectivity index (χ2v) is 7.61. The predicted molar refractivity (Wildman–Crippen MR) is 83.0 cm³/mol. The summed E-state index contributed by atoms with van der Waals surface area (Å²) in [6.07, 6.45) is 0.458. The maximum Gasteiger partial charge on any atom is 0.242 e. The highest BCUT2D eigenvalue weighted by molar-refractivity contribution is 7.92. The Labute approximate surface area is 128 Å². The van der Waals surface area contributed by atoms with Gasteiger partial charge in [-0.25, -0.2) is 8.42 Å². The van der Waals surface area contributed by atoms with E-state index in [1.165, 1.54) is 19.1 Å². The topological polar surface area (TPSA) is 89.3 Å². The van der Waals surface area contributed by atoms with Gasteiger partial charge in [-0.05, 0) is 25.5 Å². The zero-order valence-electron chi connectivity index (χ0n) is 11.1. The van der Waals surface area contributed by atoms with Crippen molar-refractivity contribution in [2.45, 2.75) is 25.5 Å². The van der Waals surface area contributed by atoms with Crippen LogP contribution in [0.15, 0.2) is 12.1 Å². The summed E-state index contributed by atoms with van der Waals surface area (Å²) in [6.45, 7) is 3.09. The molecule has 0 fully saturated rings. The van der Waals surface area contributed by atoms with E-state index in [9.17, 15) is 13.2 Å². The Morgan fingerprint density at radius 2 is 1.85 bits per heavy atom. The number of rotatable bonds is 5. The van der Waals surface area contributed by atoms with Crippen molar-refractivity contribution >= 4 is 50.3 Å². The zero-order chi connectivity index (χ0) is 15.5. The molecule has 0 bridgehead atoms. The molecule has 1 rings (SSSR count). The van der Waals surface area contributed by atoms with Gasteiger partial charge in [0.25, 0.3) is 0 Å². The molecule has 8 heteroatoms. The molecule has 0 aromatic heterocycles. The van der Waals surface area contributed by atoms with Gasteiger partial charge in [-0.1, -0.05) is 30.1 Å². The van der Waals surface area contributed by atoms with Crippen molar-refractivity contribution < 1.29 is 13.2 Å².